The maximum absolute atomic E-state index is 12.1. The van der Waals surface area contributed by atoms with Crippen molar-refractivity contribution in [2.75, 3.05) is 22.3 Å². The normalized spacial score (nSPS) is 11.2. The molecular weight excluding hydrogens is 322 g/mol. The highest BCUT2D eigenvalue weighted by molar-refractivity contribution is 7.92. The van der Waals surface area contributed by atoms with Crippen molar-refractivity contribution in [3.8, 4) is 0 Å². The summed E-state index contributed by atoms with van der Waals surface area (Å²) < 4.78 is 26.8. The van der Waals surface area contributed by atoms with Gasteiger partial charge < -0.3 is 5.32 Å². The van der Waals surface area contributed by atoms with Gasteiger partial charge >= 0.3 is 0 Å². The SMILES string of the molecule is CCCCNc1ccc(NS(=O)(=O)CCCc2ccccc2)nc1. The molecule has 0 radical (unpaired) electrons. The third-order valence-electron chi connectivity index (χ3n) is 3.60. The Morgan fingerprint density at radius 3 is 2.50 bits per heavy atom. The number of sulfonamides is 1. The summed E-state index contributed by atoms with van der Waals surface area (Å²) in [6.45, 7) is 3.03. The van der Waals surface area contributed by atoms with E-state index in [4.69, 9.17) is 0 Å². The molecule has 0 saturated carbocycles. The average Bonchev–Trinajstić information content (AvgIpc) is 2.57. The van der Waals surface area contributed by atoms with E-state index in [-0.39, 0.29) is 5.75 Å². The van der Waals surface area contributed by atoms with Gasteiger partial charge in [-0.1, -0.05) is 43.7 Å². The van der Waals surface area contributed by atoms with Gasteiger partial charge in [0.25, 0.3) is 0 Å². The summed E-state index contributed by atoms with van der Waals surface area (Å²) in [6, 6.07) is 13.4. The van der Waals surface area contributed by atoms with E-state index in [0.29, 0.717) is 12.2 Å². The summed E-state index contributed by atoms with van der Waals surface area (Å²) in [7, 11) is -3.37. The summed E-state index contributed by atoms with van der Waals surface area (Å²) in [4.78, 5) is 4.16. The third-order valence-corrected chi connectivity index (χ3v) is 4.95. The van der Waals surface area contributed by atoms with Crippen LogP contribution >= 0.6 is 0 Å². The first kappa shape index (κ1) is 18.3. The van der Waals surface area contributed by atoms with Crippen LogP contribution in [0.5, 0.6) is 0 Å². The molecule has 0 fully saturated rings. The smallest absolute Gasteiger partial charge is 0.233 e. The Labute approximate surface area is 144 Å². The van der Waals surface area contributed by atoms with E-state index in [9.17, 15) is 8.42 Å². The van der Waals surface area contributed by atoms with Crippen LogP contribution in [0.4, 0.5) is 11.5 Å². The molecule has 1 aromatic carbocycles. The van der Waals surface area contributed by atoms with Crippen LogP contribution in [0, 0.1) is 0 Å². The lowest BCUT2D eigenvalue weighted by Crippen LogP contribution is -2.18. The maximum Gasteiger partial charge on any atom is 0.233 e. The molecule has 2 aromatic rings. The van der Waals surface area contributed by atoms with Crippen LogP contribution in [0.2, 0.25) is 0 Å². The number of unbranched alkanes of at least 4 members (excludes halogenated alkanes) is 1. The second kappa shape index (κ2) is 9.27. The van der Waals surface area contributed by atoms with Crippen molar-refractivity contribution in [1.29, 1.82) is 0 Å². The van der Waals surface area contributed by atoms with E-state index in [0.717, 1.165) is 37.1 Å². The van der Waals surface area contributed by atoms with Gasteiger partial charge in [0.15, 0.2) is 0 Å². The van der Waals surface area contributed by atoms with Crippen molar-refractivity contribution in [3.63, 3.8) is 0 Å². The van der Waals surface area contributed by atoms with E-state index in [1.54, 1.807) is 12.3 Å². The highest BCUT2D eigenvalue weighted by Gasteiger charge is 2.11. The number of nitrogens with zero attached hydrogens (tertiary/aromatic N) is 1. The Hall–Kier alpha value is -2.08. The van der Waals surface area contributed by atoms with Crippen LogP contribution in [0.15, 0.2) is 48.7 Å². The minimum atomic E-state index is -3.37. The predicted octanol–water partition coefficient (Wildman–Crippen LogP) is 3.67. The molecule has 0 amide bonds. The number of pyridine rings is 1. The minimum absolute atomic E-state index is 0.0834. The minimum Gasteiger partial charge on any atom is -0.384 e. The van der Waals surface area contributed by atoms with E-state index < -0.39 is 10.0 Å². The van der Waals surface area contributed by atoms with Crippen LogP contribution < -0.4 is 10.0 Å². The van der Waals surface area contributed by atoms with Gasteiger partial charge in [-0.15, -0.1) is 0 Å². The molecule has 130 valence electrons. The Morgan fingerprint density at radius 1 is 1.04 bits per heavy atom. The summed E-state index contributed by atoms with van der Waals surface area (Å²) in [5, 5.41) is 3.25. The van der Waals surface area contributed by atoms with E-state index in [2.05, 4.69) is 21.9 Å². The molecule has 0 bridgehead atoms. The fourth-order valence-electron chi connectivity index (χ4n) is 2.29. The third kappa shape index (κ3) is 6.58. The molecule has 2 N–H and O–H groups in total. The van der Waals surface area contributed by atoms with Crippen molar-refractivity contribution < 1.29 is 8.42 Å². The molecule has 0 atom stereocenters. The number of benzene rings is 1. The number of rotatable bonds is 10. The Kier molecular flexibility index (Phi) is 7.06. The highest BCUT2D eigenvalue weighted by atomic mass is 32.2. The molecule has 24 heavy (non-hydrogen) atoms. The zero-order valence-electron chi connectivity index (χ0n) is 14.0. The number of aryl methyl sites for hydroxylation is 1. The molecule has 2 rings (SSSR count). The first-order valence-electron chi connectivity index (χ1n) is 8.33. The van der Waals surface area contributed by atoms with Gasteiger partial charge in [-0.3, -0.25) is 4.72 Å². The molecule has 0 spiro atoms. The number of hydrogen-bond acceptors (Lipinski definition) is 4. The highest BCUT2D eigenvalue weighted by Crippen LogP contribution is 2.12. The lowest BCUT2D eigenvalue weighted by molar-refractivity contribution is 0.598. The van der Waals surface area contributed by atoms with Crippen LogP contribution in [0.1, 0.15) is 31.7 Å². The van der Waals surface area contributed by atoms with Gasteiger partial charge in [0.1, 0.15) is 5.82 Å². The van der Waals surface area contributed by atoms with Crippen molar-refractivity contribution in [2.45, 2.75) is 32.6 Å². The number of nitrogens with one attached hydrogen (secondary N) is 2. The molecular formula is C18H25N3O2S. The molecule has 0 aliphatic carbocycles. The second-order valence-corrected chi connectivity index (χ2v) is 7.56. The molecule has 0 unspecified atom stereocenters. The van der Waals surface area contributed by atoms with Crippen LogP contribution in [-0.4, -0.2) is 25.7 Å². The van der Waals surface area contributed by atoms with Crippen molar-refractivity contribution in [1.82, 2.24) is 4.98 Å². The average molecular weight is 347 g/mol. The van der Waals surface area contributed by atoms with Crippen molar-refractivity contribution in [2.24, 2.45) is 0 Å². The molecule has 6 heteroatoms. The summed E-state index contributed by atoms with van der Waals surface area (Å²) in [6.07, 6.45) is 5.19. The lowest BCUT2D eigenvalue weighted by Gasteiger charge is -2.09. The van der Waals surface area contributed by atoms with Gasteiger partial charge in [0, 0.05) is 6.54 Å². The number of anilines is 2. The van der Waals surface area contributed by atoms with Gasteiger partial charge in [-0.25, -0.2) is 13.4 Å². The van der Waals surface area contributed by atoms with Crippen LogP contribution in [0.25, 0.3) is 0 Å². The molecule has 1 aromatic heterocycles. The van der Waals surface area contributed by atoms with Gasteiger partial charge in [-0.2, -0.15) is 0 Å². The largest absolute Gasteiger partial charge is 0.384 e. The molecule has 0 aliphatic rings. The maximum atomic E-state index is 12.1. The first-order chi connectivity index (χ1) is 11.6. The Bertz CT molecular complexity index is 701. The summed E-state index contributed by atoms with van der Waals surface area (Å²) >= 11 is 0. The van der Waals surface area contributed by atoms with E-state index in [1.165, 1.54) is 0 Å². The second-order valence-electron chi connectivity index (χ2n) is 5.72. The fourth-order valence-corrected chi connectivity index (χ4v) is 3.36. The fraction of sp³-hybridized carbons (Fsp3) is 0.389. The Balaban J connectivity index is 1.80. The van der Waals surface area contributed by atoms with Gasteiger partial charge in [0.2, 0.25) is 10.0 Å². The van der Waals surface area contributed by atoms with Crippen molar-refractivity contribution >= 4 is 21.5 Å². The van der Waals surface area contributed by atoms with Gasteiger partial charge in [0.05, 0.1) is 17.6 Å². The van der Waals surface area contributed by atoms with Gasteiger partial charge in [-0.05, 0) is 37.0 Å². The number of aromatic nitrogens is 1. The molecule has 0 aliphatic heterocycles. The van der Waals surface area contributed by atoms with Crippen LogP contribution in [0.3, 0.4) is 0 Å². The van der Waals surface area contributed by atoms with E-state index in [1.807, 2.05) is 36.4 Å². The summed E-state index contributed by atoms with van der Waals surface area (Å²) in [5.41, 5.74) is 2.05. The Morgan fingerprint density at radius 2 is 1.83 bits per heavy atom. The predicted molar refractivity (Wildman–Crippen MR) is 99.8 cm³/mol. The van der Waals surface area contributed by atoms with Crippen molar-refractivity contribution in [3.05, 3.63) is 54.2 Å². The molecule has 0 saturated heterocycles. The molecule has 1 heterocycles. The zero-order valence-corrected chi connectivity index (χ0v) is 14.8. The molecule has 5 nitrogen and oxygen atoms in total. The quantitative estimate of drug-likeness (QED) is 0.643. The summed E-state index contributed by atoms with van der Waals surface area (Å²) in [5.74, 6) is 0.441. The topological polar surface area (TPSA) is 71.1 Å². The first-order valence-corrected chi connectivity index (χ1v) is 9.98. The standard InChI is InChI=1S/C18H25N3O2S/c1-2-3-13-19-17-11-12-18(20-15-17)21-24(22,23)14-7-10-16-8-5-4-6-9-16/h4-6,8-9,11-12,15,19H,2-3,7,10,13-14H2,1H3,(H,20,21). The lowest BCUT2D eigenvalue weighted by atomic mass is 10.1. The monoisotopic (exact) mass is 347 g/mol. The van der Waals surface area contributed by atoms with E-state index >= 15 is 0 Å². The van der Waals surface area contributed by atoms with Crippen LogP contribution in [-0.2, 0) is 16.4 Å². The number of hydrogen-bond donors (Lipinski definition) is 2. The zero-order chi connectivity index (χ0) is 17.3.